The van der Waals surface area contributed by atoms with E-state index in [0.717, 1.165) is 16.7 Å². The van der Waals surface area contributed by atoms with Crippen molar-refractivity contribution in [1.29, 1.82) is 0 Å². The van der Waals surface area contributed by atoms with Gasteiger partial charge in [0.15, 0.2) is 0 Å². The van der Waals surface area contributed by atoms with E-state index in [4.69, 9.17) is 15.2 Å². The number of carbonyl (C=O) groups is 2. The molecule has 0 spiro atoms. The Bertz CT molecular complexity index is 748. The van der Waals surface area contributed by atoms with E-state index in [1.807, 2.05) is 54.6 Å². The molecule has 25 heavy (non-hydrogen) atoms. The molecule has 0 unspecified atom stereocenters. The molecule has 0 aliphatic carbocycles. The molecular formula is C19H20N2O4. The minimum absolute atomic E-state index is 0.0457. The Kier molecular flexibility index (Phi) is 5.18. The molecule has 6 heteroatoms. The largest absolute Gasteiger partial charge is 0.448 e. The molecule has 0 saturated heterocycles. The second kappa shape index (κ2) is 7.70. The van der Waals surface area contributed by atoms with Crippen LogP contribution in [0.4, 0.5) is 9.59 Å². The lowest BCUT2D eigenvalue weighted by Crippen LogP contribution is -2.47. The van der Waals surface area contributed by atoms with E-state index >= 15 is 0 Å². The van der Waals surface area contributed by atoms with E-state index in [-0.39, 0.29) is 19.3 Å². The van der Waals surface area contributed by atoms with Gasteiger partial charge in [0, 0.05) is 6.54 Å². The molecule has 130 valence electrons. The van der Waals surface area contributed by atoms with Crippen molar-refractivity contribution in [3.63, 3.8) is 0 Å². The lowest BCUT2D eigenvalue weighted by molar-refractivity contribution is 0.0505. The van der Waals surface area contributed by atoms with Gasteiger partial charge in [-0.05, 0) is 23.1 Å². The van der Waals surface area contributed by atoms with Crippen molar-refractivity contribution in [2.75, 3.05) is 6.61 Å². The first kappa shape index (κ1) is 16.8. The summed E-state index contributed by atoms with van der Waals surface area (Å²) in [5.41, 5.74) is 8.18. The van der Waals surface area contributed by atoms with Gasteiger partial charge in [0.1, 0.15) is 13.2 Å². The maximum atomic E-state index is 12.6. The molecule has 0 bridgehead atoms. The minimum Gasteiger partial charge on any atom is -0.448 e. The molecule has 0 radical (unpaired) electrons. The van der Waals surface area contributed by atoms with Crippen molar-refractivity contribution < 1.29 is 19.1 Å². The van der Waals surface area contributed by atoms with Crippen molar-refractivity contribution in [2.24, 2.45) is 5.73 Å². The second-order valence-electron chi connectivity index (χ2n) is 5.92. The van der Waals surface area contributed by atoms with Gasteiger partial charge in [0.25, 0.3) is 0 Å². The van der Waals surface area contributed by atoms with Crippen molar-refractivity contribution in [2.45, 2.75) is 25.6 Å². The molecule has 2 amide bonds. The molecule has 1 aliphatic heterocycles. The van der Waals surface area contributed by atoms with Crippen LogP contribution in [0.5, 0.6) is 0 Å². The van der Waals surface area contributed by atoms with Crippen molar-refractivity contribution in [1.82, 2.24) is 4.90 Å². The number of hydrogen-bond donors (Lipinski definition) is 1. The molecular weight excluding hydrogens is 320 g/mol. The molecule has 2 aromatic carbocycles. The SMILES string of the molecule is NC(=O)OC[C@@H]1Cc2ccccc2CN1C(=O)OCc1ccccc1. The zero-order valence-corrected chi connectivity index (χ0v) is 13.8. The molecule has 2 aromatic rings. The Morgan fingerprint density at radius 3 is 2.40 bits per heavy atom. The van der Waals surface area contributed by atoms with Crippen LogP contribution in [0.1, 0.15) is 16.7 Å². The van der Waals surface area contributed by atoms with Crippen LogP contribution >= 0.6 is 0 Å². The van der Waals surface area contributed by atoms with Crippen LogP contribution in [0.3, 0.4) is 0 Å². The summed E-state index contributed by atoms with van der Waals surface area (Å²) in [6, 6.07) is 17.1. The highest BCUT2D eigenvalue weighted by Gasteiger charge is 2.31. The number of primary amides is 1. The summed E-state index contributed by atoms with van der Waals surface area (Å²) in [7, 11) is 0. The lowest BCUT2D eigenvalue weighted by Gasteiger charge is -2.35. The summed E-state index contributed by atoms with van der Waals surface area (Å²) >= 11 is 0. The van der Waals surface area contributed by atoms with Crippen LogP contribution in [-0.2, 0) is 29.0 Å². The Labute approximate surface area is 146 Å². The van der Waals surface area contributed by atoms with Gasteiger partial charge in [-0.1, -0.05) is 54.6 Å². The first-order chi connectivity index (χ1) is 12.1. The maximum Gasteiger partial charge on any atom is 0.410 e. The molecule has 0 saturated carbocycles. The molecule has 3 rings (SSSR count). The number of nitrogens with two attached hydrogens (primary N) is 1. The third-order valence-electron chi connectivity index (χ3n) is 4.21. The molecule has 1 heterocycles. The van der Waals surface area contributed by atoms with E-state index in [1.165, 1.54) is 0 Å². The van der Waals surface area contributed by atoms with E-state index in [2.05, 4.69) is 0 Å². The fraction of sp³-hybridized carbons (Fsp3) is 0.263. The summed E-state index contributed by atoms with van der Waals surface area (Å²) in [6.07, 6.45) is -0.697. The number of amides is 2. The van der Waals surface area contributed by atoms with Crippen molar-refractivity contribution in [3.8, 4) is 0 Å². The number of ether oxygens (including phenoxy) is 2. The zero-order chi connectivity index (χ0) is 17.6. The van der Waals surface area contributed by atoms with Crippen molar-refractivity contribution >= 4 is 12.2 Å². The average Bonchev–Trinajstić information content (AvgIpc) is 2.64. The molecule has 1 aliphatic rings. The number of hydrogen-bond acceptors (Lipinski definition) is 4. The standard InChI is InChI=1S/C19H20N2O4/c20-18(22)24-13-17-10-15-8-4-5-9-16(15)11-21(17)19(23)25-12-14-6-2-1-3-7-14/h1-9,17H,10-13H2,(H2,20,22)/t17-/m0/s1. The first-order valence-corrected chi connectivity index (χ1v) is 8.10. The highest BCUT2D eigenvalue weighted by atomic mass is 16.6. The third kappa shape index (κ3) is 4.29. The highest BCUT2D eigenvalue weighted by Crippen LogP contribution is 2.24. The van der Waals surface area contributed by atoms with Gasteiger partial charge in [-0.25, -0.2) is 9.59 Å². The average molecular weight is 340 g/mol. The van der Waals surface area contributed by atoms with E-state index < -0.39 is 12.2 Å². The third-order valence-corrected chi connectivity index (χ3v) is 4.21. The number of benzene rings is 2. The van der Waals surface area contributed by atoms with Crippen LogP contribution in [0.25, 0.3) is 0 Å². The van der Waals surface area contributed by atoms with Gasteiger partial charge in [-0.15, -0.1) is 0 Å². The van der Waals surface area contributed by atoms with E-state index in [9.17, 15) is 9.59 Å². The predicted molar refractivity (Wildman–Crippen MR) is 91.6 cm³/mol. The smallest absolute Gasteiger partial charge is 0.410 e. The van der Waals surface area contributed by atoms with E-state index in [0.29, 0.717) is 13.0 Å². The van der Waals surface area contributed by atoms with E-state index in [1.54, 1.807) is 4.90 Å². The van der Waals surface area contributed by atoms with Crippen LogP contribution in [0.2, 0.25) is 0 Å². The summed E-state index contributed by atoms with van der Waals surface area (Å²) in [5, 5.41) is 0. The fourth-order valence-corrected chi connectivity index (χ4v) is 2.93. The van der Waals surface area contributed by atoms with Gasteiger partial charge >= 0.3 is 12.2 Å². The van der Waals surface area contributed by atoms with Gasteiger partial charge in [0.05, 0.1) is 6.04 Å². The number of fused-ring (bicyclic) bond motifs is 1. The predicted octanol–water partition coefficient (Wildman–Crippen LogP) is 2.85. The van der Waals surface area contributed by atoms with Gasteiger partial charge in [-0.3, -0.25) is 4.90 Å². The Morgan fingerprint density at radius 1 is 1.00 bits per heavy atom. The highest BCUT2D eigenvalue weighted by molar-refractivity contribution is 5.69. The molecule has 0 aromatic heterocycles. The number of nitrogens with zero attached hydrogens (tertiary/aromatic N) is 1. The second-order valence-corrected chi connectivity index (χ2v) is 5.92. The van der Waals surface area contributed by atoms with Gasteiger partial charge in [0.2, 0.25) is 0 Å². The Hall–Kier alpha value is -3.02. The Balaban J connectivity index is 1.71. The molecule has 0 fully saturated rings. The summed E-state index contributed by atoms with van der Waals surface area (Å²) in [6.45, 7) is 0.655. The van der Waals surface area contributed by atoms with Crippen LogP contribution in [0.15, 0.2) is 54.6 Å². The maximum absolute atomic E-state index is 12.6. The molecule has 6 nitrogen and oxygen atoms in total. The lowest BCUT2D eigenvalue weighted by atomic mass is 9.95. The van der Waals surface area contributed by atoms with Crippen LogP contribution in [-0.4, -0.2) is 29.7 Å². The monoisotopic (exact) mass is 340 g/mol. The molecule has 1 atom stereocenters. The van der Waals surface area contributed by atoms with Crippen LogP contribution in [0, 0.1) is 0 Å². The zero-order valence-electron chi connectivity index (χ0n) is 13.8. The summed E-state index contributed by atoms with van der Waals surface area (Å²) in [4.78, 5) is 25.1. The quantitative estimate of drug-likeness (QED) is 0.928. The number of carbonyl (C=O) groups excluding carboxylic acids is 2. The summed E-state index contributed by atoms with van der Waals surface area (Å²) < 4.78 is 10.4. The normalized spacial score (nSPS) is 16.0. The first-order valence-electron chi connectivity index (χ1n) is 8.10. The van der Waals surface area contributed by atoms with Crippen LogP contribution < -0.4 is 5.73 Å². The van der Waals surface area contributed by atoms with Gasteiger partial charge < -0.3 is 15.2 Å². The summed E-state index contributed by atoms with van der Waals surface area (Å²) in [5.74, 6) is 0. The Morgan fingerprint density at radius 2 is 1.68 bits per heavy atom. The topological polar surface area (TPSA) is 81.9 Å². The minimum atomic E-state index is -0.850. The fourth-order valence-electron chi connectivity index (χ4n) is 2.93. The van der Waals surface area contributed by atoms with Gasteiger partial charge in [-0.2, -0.15) is 0 Å². The molecule has 2 N–H and O–H groups in total. The van der Waals surface area contributed by atoms with Crippen molar-refractivity contribution in [3.05, 3.63) is 71.3 Å². The number of rotatable bonds is 4.